The number of halogens is 1. The van der Waals surface area contributed by atoms with Crippen molar-refractivity contribution in [2.24, 2.45) is 0 Å². The molecule has 0 unspecified atom stereocenters. The van der Waals surface area contributed by atoms with Crippen molar-refractivity contribution in [3.63, 3.8) is 0 Å². The molecule has 60 valence electrons. The Morgan fingerprint density at radius 3 is 2.55 bits per heavy atom. The quantitative estimate of drug-likeness (QED) is 0.689. The normalized spacial score (nSPS) is 17.2. The third-order valence-electron chi connectivity index (χ3n) is 1.37. The first kappa shape index (κ1) is 6.80. The lowest BCUT2D eigenvalue weighted by molar-refractivity contribution is 0.195. The summed E-state index contributed by atoms with van der Waals surface area (Å²) in [6.07, 6.45) is -1.26. The second-order valence-corrected chi connectivity index (χ2v) is 2.54. The van der Waals surface area contributed by atoms with Crippen LogP contribution in [-0.2, 0) is 6.42 Å². The van der Waals surface area contributed by atoms with Crippen molar-refractivity contribution in [1.29, 1.82) is 0 Å². The van der Waals surface area contributed by atoms with E-state index in [0.717, 1.165) is 5.56 Å². The fourth-order valence-electron chi connectivity index (χ4n) is 0.898. The molecule has 1 aromatic rings. The van der Waals surface area contributed by atoms with Crippen molar-refractivity contribution in [3.05, 3.63) is 35.6 Å². The van der Waals surface area contributed by atoms with E-state index in [-0.39, 0.29) is 12.2 Å². The van der Waals surface area contributed by atoms with Crippen LogP contribution in [-0.4, -0.2) is 11.2 Å². The van der Waals surface area contributed by atoms with Gasteiger partial charge in [0.2, 0.25) is 0 Å². The van der Waals surface area contributed by atoms with E-state index >= 15 is 0 Å². The Hall–Kier alpha value is -0.890. The van der Waals surface area contributed by atoms with Gasteiger partial charge in [-0.1, -0.05) is 12.1 Å². The van der Waals surface area contributed by atoms with Gasteiger partial charge in [0.15, 0.2) is 0 Å². The maximum absolute atomic E-state index is 12.4. The van der Waals surface area contributed by atoms with E-state index in [2.05, 4.69) is 0 Å². The molecule has 0 heterocycles. The summed E-state index contributed by atoms with van der Waals surface area (Å²) in [5, 5.41) is 9.11. The second kappa shape index (κ2) is 3.49. The molecule has 1 nitrogen and oxygen atoms in total. The summed E-state index contributed by atoms with van der Waals surface area (Å²) in [5.74, 6) is -0.302. The first-order valence-electron chi connectivity index (χ1n) is 3.94. The van der Waals surface area contributed by atoms with Crippen molar-refractivity contribution >= 4 is 0 Å². The molecule has 0 fully saturated rings. The molecule has 0 saturated carbocycles. The summed E-state index contributed by atoms with van der Waals surface area (Å²) in [5.41, 5.74) is 0.761. The van der Waals surface area contributed by atoms with Crippen LogP contribution < -0.4 is 0 Å². The standard InChI is InChI=1S/C9H11FO/c1-7(11)6-8-2-4-9(10)5-3-8/h2-5,7,11H,6H2,1H3/t7-/m0/s1/i7D. The topological polar surface area (TPSA) is 20.2 Å². The van der Waals surface area contributed by atoms with Crippen LogP contribution >= 0.6 is 0 Å². The molecule has 0 aliphatic carbocycles. The van der Waals surface area contributed by atoms with Gasteiger partial charge in [0, 0.05) is 0 Å². The summed E-state index contributed by atoms with van der Waals surface area (Å²) in [4.78, 5) is 0. The van der Waals surface area contributed by atoms with Gasteiger partial charge < -0.3 is 5.11 Å². The summed E-state index contributed by atoms with van der Waals surface area (Å²) < 4.78 is 19.6. The Morgan fingerprint density at radius 2 is 2.09 bits per heavy atom. The van der Waals surface area contributed by atoms with Gasteiger partial charge in [-0.15, -0.1) is 0 Å². The van der Waals surface area contributed by atoms with Crippen molar-refractivity contribution in [2.45, 2.75) is 19.4 Å². The molecule has 0 amide bonds. The molecule has 0 spiro atoms. The van der Waals surface area contributed by atoms with Crippen LogP contribution in [0.2, 0.25) is 0 Å². The lowest BCUT2D eigenvalue weighted by atomic mass is 10.1. The lowest BCUT2D eigenvalue weighted by Crippen LogP contribution is -2.03. The molecule has 11 heavy (non-hydrogen) atoms. The highest BCUT2D eigenvalue weighted by molar-refractivity contribution is 5.16. The molecule has 0 aromatic heterocycles. The molecule has 0 bridgehead atoms. The Balaban J connectivity index is 2.71. The Labute approximate surface area is 66.9 Å². The van der Waals surface area contributed by atoms with E-state index in [1.54, 1.807) is 12.1 Å². The third-order valence-corrected chi connectivity index (χ3v) is 1.37. The molecule has 0 aliphatic rings. The van der Waals surface area contributed by atoms with Crippen LogP contribution in [0.25, 0.3) is 0 Å². The van der Waals surface area contributed by atoms with Gasteiger partial charge in [0.1, 0.15) is 5.82 Å². The van der Waals surface area contributed by atoms with Crippen LogP contribution in [0.3, 0.4) is 0 Å². The van der Waals surface area contributed by atoms with Crippen molar-refractivity contribution < 1.29 is 10.9 Å². The summed E-state index contributed by atoms with van der Waals surface area (Å²) >= 11 is 0. The maximum Gasteiger partial charge on any atom is 0.123 e. The first-order chi connectivity index (χ1) is 5.47. The lowest BCUT2D eigenvalue weighted by Gasteiger charge is -2.02. The minimum atomic E-state index is -1.47. The van der Waals surface area contributed by atoms with Gasteiger partial charge in [-0.2, -0.15) is 0 Å². The Bertz CT molecular complexity index is 250. The Kier molecular flexibility index (Phi) is 2.15. The molecule has 1 N–H and O–H groups in total. The highest BCUT2D eigenvalue weighted by atomic mass is 19.1. The van der Waals surface area contributed by atoms with Crippen molar-refractivity contribution in [2.75, 3.05) is 0 Å². The van der Waals surface area contributed by atoms with Crippen LogP contribution in [0, 0.1) is 5.82 Å². The van der Waals surface area contributed by atoms with E-state index in [0.29, 0.717) is 0 Å². The fourth-order valence-corrected chi connectivity index (χ4v) is 0.898. The smallest absolute Gasteiger partial charge is 0.123 e. The van der Waals surface area contributed by atoms with Crippen molar-refractivity contribution in [3.8, 4) is 0 Å². The van der Waals surface area contributed by atoms with Crippen LogP contribution in [0.5, 0.6) is 0 Å². The van der Waals surface area contributed by atoms with Gasteiger partial charge in [-0.05, 0) is 31.0 Å². The van der Waals surface area contributed by atoms with Crippen LogP contribution in [0.4, 0.5) is 4.39 Å². The number of rotatable bonds is 2. The summed E-state index contributed by atoms with van der Waals surface area (Å²) in [6.45, 7) is 1.40. The maximum atomic E-state index is 12.4. The van der Waals surface area contributed by atoms with Gasteiger partial charge >= 0.3 is 0 Å². The first-order valence-corrected chi connectivity index (χ1v) is 3.44. The minimum Gasteiger partial charge on any atom is -0.393 e. The number of hydrogen-bond donors (Lipinski definition) is 1. The molecule has 1 rings (SSSR count). The van der Waals surface area contributed by atoms with Gasteiger partial charge in [0.05, 0.1) is 7.45 Å². The third kappa shape index (κ3) is 2.68. The molecular formula is C9H11FO. The molecule has 1 aromatic carbocycles. The highest BCUT2D eigenvalue weighted by Gasteiger charge is 1.97. The van der Waals surface area contributed by atoms with E-state index in [4.69, 9.17) is 6.48 Å². The molecule has 0 saturated heterocycles. The van der Waals surface area contributed by atoms with E-state index < -0.39 is 6.08 Å². The van der Waals surface area contributed by atoms with E-state index in [1.165, 1.54) is 19.1 Å². The monoisotopic (exact) mass is 155 g/mol. The Morgan fingerprint density at radius 1 is 1.55 bits per heavy atom. The van der Waals surface area contributed by atoms with Gasteiger partial charge in [-0.3, -0.25) is 0 Å². The second-order valence-electron chi connectivity index (χ2n) is 2.54. The van der Waals surface area contributed by atoms with E-state index in [9.17, 15) is 4.39 Å². The zero-order valence-corrected chi connectivity index (χ0v) is 6.34. The van der Waals surface area contributed by atoms with E-state index in [1.807, 2.05) is 0 Å². The zero-order chi connectivity index (χ0) is 9.19. The number of benzene rings is 1. The minimum absolute atomic E-state index is 0.216. The average molecular weight is 155 g/mol. The molecule has 1 atom stereocenters. The molecule has 0 radical (unpaired) electrons. The summed E-state index contributed by atoms with van der Waals surface area (Å²) in [7, 11) is 0. The summed E-state index contributed by atoms with van der Waals surface area (Å²) in [6, 6.07) is 5.78. The van der Waals surface area contributed by atoms with Gasteiger partial charge in [0.25, 0.3) is 0 Å². The zero-order valence-electron chi connectivity index (χ0n) is 7.34. The number of aliphatic hydroxyl groups is 1. The van der Waals surface area contributed by atoms with Crippen molar-refractivity contribution in [1.82, 2.24) is 0 Å². The largest absolute Gasteiger partial charge is 0.393 e. The number of hydrogen-bond acceptors (Lipinski definition) is 1. The van der Waals surface area contributed by atoms with Gasteiger partial charge in [-0.25, -0.2) is 4.39 Å². The molecule has 0 aliphatic heterocycles. The highest BCUT2D eigenvalue weighted by Crippen LogP contribution is 2.04. The van der Waals surface area contributed by atoms with Crippen LogP contribution in [0.1, 0.15) is 13.9 Å². The molecular weight excluding hydrogens is 143 g/mol. The fraction of sp³-hybridized carbons (Fsp3) is 0.333. The SMILES string of the molecule is [2H][C@@](C)(O)Cc1ccc(F)cc1. The predicted octanol–water partition coefficient (Wildman–Crippen LogP) is 1.75. The average Bonchev–Trinajstić information content (AvgIpc) is 1.91. The predicted molar refractivity (Wildman–Crippen MR) is 41.8 cm³/mol. The van der Waals surface area contributed by atoms with Crippen LogP contribution in [0.15, 0.2) is 24.3 Å². The molecule has 2 heteroatoms.